The van der Waals surface area contributed by atoms with Gasteiger partial charge in [-0.3, -0.25) is 9.59 Å². The molecule has 0 unspecified atom stereocenters. The molecule has 0 aliphatic carbocycles. The first-order chi connectivity index (χ1) is 9.92. The maximum atomic E-state index is 11.7. The Kier molecular flexibility index (Phi) is 4.41. The van der Waals surface area contributed by atoms with Gasteiger partial charge in [0, 0.05) is 17.0 Å². The molecule has 0 bridgehead atoms. The number of esters is 1. The van der Waals surface area contributed by atoms with Gasteiger partial charge in [-0.15, -0.1) is 5.10 Å². The number of amides is 1. The van der Waals surface area contributed by atoms with Gasteiger partial charge >= 0.3 is 5.97 Å². The van der Waals surface area contributed by atoms with Crippen LogP contribution in [0.4, 0.5) is 0 Å². The third-order valence-corrected chi connectivity index (χ3v) is 3.45. The number of ether oxygens (including phenoxy) is 1. The zero-order valence-electron chi connectivity index (χ0n) is 11.9. The molecule has 0 radical (unpaired) electrons. The zero-order chi connectivity index (χ0) is 15.6. The summed E-state index contributed by atoms with van der Waals surface area (Å²) in [6.07, 6.45) is 1.88. The highest BCUT2D eigenvalue weighted by Gasteiger charge is 2.16. The minimum Gasteiger partial charge on any atom is -0.455 e. The molecule has 2 heterocycles. The van der Waals surface area contributed by atoms with Crippen LogP contribution in [0.15, 0.2) is 5.16 Å². The van der Waals surface area contributed by atoms with Crippen LogP contribution in [0.3, 0.4) is 0 Å². The molecule has 0 saturated carbocycles. The summed E-state index contributed by atoms with van der Waals surface area (Å²) < 4.78 is 6.36. The van der Waals surface area contributed by atoms with Crippen molar-refractivity contribution in [2.24, 2.45) is 5.73 Å². The second kappa shape index (κ2) is 6.08. The summed E-state index contributed by atoms with van der Waals surface area (Å²) >= 11 is 1.41. The number of carbonyl (C=O) groups excluding carboxylic acids is 2. The third-order valence-electron chi connectivity index (χ3n) is 2.91. The average Bonchev–Trinajstić information content (AvgIpc) is 2.84. The van der Waals surface area contributed by atoms with Crippen LogP contribution in [-0.2, 0) is 20.7 Å². The molecule has 2 aromatic rings. The molecule has 8 nitrogen and oxygen atoms in total. The van der Waals surface area contributed by atoms with E-state index in [1.807, 2.05) is 13.2 Å². The van der Waals surface area contributed by atoms with E-state index in [4.69, 9.17) is 10.5 Å². The SMILES string of the molecule is CSc1nc2nc(C)c(CC(=O)OCC(N)=O)c(C)n2n1. The molecule has 112 valence electrons. The Morgan fingerprint density at radius 2 is 2.05 bits per heavy atom. The van der Waals surface area contributed by atoms with Crippen molar-refractivity contribution in [3.63, 3.8) is 0 Å². The molecule has 0 aliphatic heterocycles. The van der Waals surface area contributed by atoms with Crippen molar-refractivity contribution in [1.82, 2.24) is 19.6 Å². The van der Waals surface area contributed by atoms with Gasteiger partial charge in [0.1, 0.15) is 0 Å². The van der Waals surface area contributed by atoms with Gasteiger partial charge in [-0.05, 0) is 20.1 Å². The summed E-state index contributed by atoms with van der Waals surface area (Å²) in [5, 5.41) is 4.90. The van der Waals surface area contributed by atoms with E-state index in [-0.39, 0.29) is 6.42 Å². The van der Waals surface area contributed by atoms with Crippen molar-refractivity contribution in [3.05, 3.63) is 17.0 Å². The normalized spacial score (nSPS) is 10.8. The van der Waals surface area contributed by atoms with E-state index in [1.165, 1.54) is 11.8 Å². The lowest BCUT2D eigenvalue weighted by Crippen LogP contribution is -2.22. The molecule has 0 aliphatic rings. The van der Waals surface area contributed by atoms with Crippen molar-refractivity contribution in [2.45, 2.75) is 25.4 Å². The molecule has 0 spiro atoms. The summed E-state index contributed by atoms with van der Waals surface area (Å²) in [7, 11) is 0. The van der Waals surface area contributed by atoms with Crippen LogP contribution in [-0.4, -0.2) is 44.3 Å². The fourth-order valence-corrected chi connectivity index (χ4v) is 2.22. The van der Waals surface area contributed by atoms with E-state index in [9.17, 15) is 9.59 Å². The smallest absolute Gasteiger partial charge is 0.310 e. The highest BCUT2D eigenvalue weighted by molar-refractivity contribution is 7.98. The van der Waals surface area contributed by atoms with Gasteiger partial charge in [0.2, 0.25) is 5.16 Å². The molecular weight excluding hydrogens is 294 g/mol. The summed E-state index contributed by atoms with van der Waals surface area (Å²) in [4.78, 5) is 30.9. The zero-order valence-corrected chi connectivity index (χ0v) is 12.7. The van der Waals surface area contributed by atoms with E-state index < -0.39 is 18.5 Å². The maximum absolute atomic E-state index is 11.7. The van der Waals surface area contributed by atoms with Gasteiger partial charge in [-0.1, -0.05) is 11.8 Å². The number of primary amides is 1. The maximum Gasteiger partial charge on any atom is 0.310 e. The number of nitrogens with two attached hydrogens (primary N) is 1. The molecule has 21 heavy (non-hydrogen) atoms. The Bertz CT molecular complexity index is 712. The predicted molar refractivity (Wildman–Crippen MR) is 75.9 cm³/mol. The summed E-state index contributed by atoms with van der Waals surface area (Å²) in [6, 6.07) is 0. The Labute approximate surface area is 125 Å². The summed E-state index contributed by atoms with van der Waals surface area (Å²) in [6.45, 7) is 3.20. The van der Waals surface area contributed by atoms with Crippen molar-refractivity contribution >= 4 is 29.4 Å². The first-order valence-corrected chi connectivity index (χ1v) is 7.35. The van der Waals surface area contributed by atoms with Crippen LogP contribution in [0.1, 0.15) is 17.0 Å². The summed E-state index contributed by atoms with van der Waals surface area (Å²) in [5.74, 6) is -0.735. The number of nitrogens with zero attached hydrogens (tertiary/aromatic N) is 4. The van der Waals surface area contributed by atoms with Gasteiger partial charge in [0.15, 0.2) is 6.61 Å². The van der Waals surface area contributed by atoms with Crippen LogP contribution >= 0.6 is 11.8 Å². The van der Waals surface area contributed by atoms with Crippen molar-refractivity contribution in [1.29, 1.82) is 0 Å². The molecule has 2 rings (SSSR count). The second-order valence-electron chi connectivity index (χ2n) is 4.38. The monoisotopic (exact) mass is 309 g/mol. The summed E-state index contributed by atoms with van der Waals surface area (Å²) in [5.41, 5.74) is 7.08. The Hall–Kier alpha value is -2.16. The predicted octanol–water partition coefficient (Wildman–Crippen LogP) is 0.0340. The van der Waals surface area contributed by atoms with Gasteiger partial charge in [-0.25, -0.2) is 9.50 Å². The number of aromatic nitrogens is 4. The van der Waals surface area contributed by atoms with E-state index >= 15 is 0 Å². The van der Waals surface area contributed by atoms with E-state index in [0.29, 0.717) is 22.2 Å². The van der Waals surface area contributed by atoms with Gasteiger partial charge < -0.3 is 10.5 Å². The lowest BCUT2D eigenvalue weighted by atomic mass is 10.1. The van der Waals surface area contributed by atoms with Crippen molar-refractivity contribution in [3.8, 4) is 0 Å². The number of aryl methyl sites for hydroxylation is 2. The number of hydrogen-bond donors (Lipinski definition) is 1. The van der Waals surface area contributed by atoms with Gasteiger partial charge in [0.05, 0.1) is 6.42 Å². The van der Waals surface area contributed by atoms with Crippen molar-refractivity contribution in [2.75, 3.05) is 12.9 Å². The number of fused-ring (bicyclic) bond motifs is 1. The molecule has 9 heteroatoms. The van der Waals surface area contributed by atoms with Crippen LogP contribution in [0, 0.1) is 13.8 Å². The van der Waals surface area contributed by atoms with Crippen LogP contribution < -0.4 is 5.73 Å². The Balaban J connectivity index is 2.31. The van der Waals surface area contributed by atoms with E-state index in [0.717, 1.165) is 5.69 Å². The lowest BCUT2D eigenvalue weighted by molar-refractivity contribution is -0.147. The third kappa shape index (κ3) is 3.30. The first kappa shape index (κ1) is 15.2. The fraction of sp³-hybridized carbons (Fsp3) is 0.417. The topological polar surface area (TPSA) is 112 Å². The highest BCUT2D eigenvalue weighted by atomic mass is 32.2. The average molecular weight is 309 g/mol. The molecule has 0 aromatic carbocycles. The Morgan fingerprint density at radius 1 is 1.33 bits per heavy atom. The number of carbonyl (C=O) groups is 2. The number of hydrogen-bond acceptors (Lipinski definition) is 7. The van der Waals surface area contributed by atoms with Gasteiger partial charge in [0.25, 0.3) is 11.7 Å². The molecule has 0 atom stereocenters. The fourth-order valence-electron chi connectivity index (χ4n) is 1.88. The quantitative estimate of drug-likeness (QED) is 0.612. The minimum atomic E-state index is -0.689. The van der Waals surface area contributed by atoms with E-state index in [2.05, 4.69) is 15.1 Å². The van der Waals surface area contributed by atoms with Gasteiger partial charge in [-0.2, -0.15) is 4.98 Å². The molecule has 0 saturated heterocycles. The standard InChI is InChI=1S/C12H15N5O3S/c1-6-8(4-10(19)20-5-9(13)18)7(2)17-11(14-6)15-12(16-17)21-3/h4-5H2,1-3H3,(H2,13,18). The molecule has 0 fully saturated rings. The molecule has 2 aromatic heterocycles. The van der Waals surface area contributed by atoms with Crippen LogP contribution in [0.2, 0.25) is 0 Å². The lowest BCUT2D eigenvalue weighted by Gasteiger charge is -2.09. The molecule has 1 amide bonds. The largest absolute Gasteiger partial charge is 0.455 e. The second-order valence-corrected chi connectivity index (χ2v) is 5.15. The van der Waals surface area contributed by atoms with Crippen LogP contribution in [0.5, 0.6) is 0 Å². The van der Waals surface area contributed by atoms with E-state index in [1.54, 1.807) is 11.4 Å². The highest BCUT2D eigenvalue weighted by Crippen LogP contribution is 2.17. The van der Waals surface area contributed by atoms with Crippen molar-refractivity contribution < 1.29 is 14.3 Å². The number of thioether (sulfide) groups is 1. The molecule has 2 N–H and O–H groups in total. The Morgan fingerprint density at radius 3 is 2.67 bits per heavy atom. The first-order valence-electron chi connectivity index (χ1n) is 6.13. The minimum absolute atomic E-state index is 0.00233. The number of rotatable bonds is 5. The van der Waals surface area contributed by atoms with Crippen LogP contribution in [0.25, 0.3) is 5.78 Å². The molecular formula is C12H15N5O3S.